The fraction of sp³-hybridized carbons (Fsp3) is 0.429. The van der Waals surface area contributed by atoms with E-state index in [-0.39, 0.29) is 12.0 Å². The lowest BCUT2D eigenvalue weighted by atomic mass is 9.96. The van der Waals surface area contributed by atoms with E-state index in [1.807, 2.05) is 12.1 Å². The Morgan fingerprint density at radius 1 is 1.25 bits per heavy atom. The minimum absolute atomic E-state index is 0.00722. The van der Waals surface area contributed by atoms with Crippen LogP contribution in [0.3, 0.4) is 0 Å². The molecule has 0 radical (unpaired) electrons. The molecule has 1 atom stereocenters. The van der Waals surface area contributed by atoms with Crippen molar-refractivity contribution in [3.8, 4) is 11.5 Å². The van der Waals surface area contributed by atoms with Gasteiger partial charge < -0.3 is 14.8 Å². The summed E-state index contributed by atoms with van der Waals surface area (Å²) in [6.45, 7) is 4.08. The van der Waals surface area contributed by atoms with Gasteiger partial charge in [0.15, 0.2) is 11.5 Å². The smallest absolute Gasteiger partial charge is 0.252 e. The van der Waals surface area contributed by atoms with Crippen LogP contribution in [0.25, 0.3) is 0 Å². The monoisotopic (exact) mass is 401 g/mol. The third-order valence-electron chi connectivity index (χ3n) is 5.27. The number of hydrogen-bond donors (Lipinski definition) is 1. The highest BCUT2D eigenvalue weighted by molar-refractivity contribution is 6.30. The predicted molar refractivity (Wildman–Crippen MR) is 107 cm³/mol. The highest BCUT2D eigenvalue weighted by atomic mass is 35.5. The molecule has 1 N–H and O–H groups in total. The molecule has 4 rings (SSSR count). The Balaban J connectivity index is 1.20. The molecular weight excluding hydrogens is 378 g/mol. The molecule has 28 heavy (non-hydrogen) atoms. The number of piperidine rings is 1. The SMILES string of the molecule is O=C(NCC1CCN(CC2COc3ccc(Cl)cc3O2)CC1)c1cccnc1. The number of fused-ring (bicyclic) bond motifs is 1. The van der Waals surface area contributed by atoms with Crippen LogP contribution in [0.15, 0.2) is 42.7 Å². The van der Waals surface area contributed by atoms with Gasteiger partial charge >= 0.3 is 0 Å². The molecule has 0 aliphatic carbocycles. The van der Waals surface area contributed by atoms with Gasteiger partial charge in [0.1, 0.15) is 12.7 Å². The van der Waals surface area contributed by atoms with Gasteiger partial charge in [-0.15, -0.1) is 0 Å². The van der Waals surface area contributed by atoms with Crippen LogP contribution in [-0.2, 0) is 0 Å². The summed E-state index contributed by atoms with van der Waals surface area (Å²) in [5, 5.41) is 3.68. The van der Waals surface area contributed by atoms with Gasteiger partial charge in [-0.05, 0) is 56.1 Å². The molecule has 0 spiro atoms. The summed E-state index contributed by atoms with van der Waals surface area (Å²) in [5.41, 5.74) is 0.606. The fourth-order valence-corrected chi connectivity index (χ4v) is 3.84. The second-order valence-corrected chi connectivity index (χ2v) is 7.77. The number of amides is 1. The fourth-order valence-electron chi connectivity index (χ4n) is 3.68. The summed E-state index contributed by atoms with van der Waals surface area (Å²) in [4.78, 5) is 18.5. The maximum atomic E-state index is 12.1. The Morgan fingerprint density at radius 2 is 2.11 bits per heavy atom. The number of benzene rings is 1. The first-order valence-electron chi connectivity index (χ1n) is 9.67. The Kier molecular flexibility index (Phi) is 5.98. The lowest BCUT2D eigenvalue weighted by Crippen LogP contribution is -2.45. The zero-order chi connectivity index (χ0) is 19.3. The van der Waals surface area contributed by atoms with E-state index in [1.165, 1.54) is 0 Å². The second kappa shape index (κ2) is 8.80. The molecule has 1 unspecified atom stereocenters. The van der Waals surface area contributed by atoms with Crippen molar-refractivity contribution >= 4 is 17.5 Å². The summed E-state index contributed by atoms with van der Waals surface area (Å²) in [6, 6.07) is 9.01. The van der Waals surface area contributed by atoms with E-state index in [0.29, 0.717) is 29.7 Å². The van der Waals surface area contributed by atoms with Crippen molar-refractivity contribution in [2.45, 2.75) is 18.9 Å². The number of carbonyl (C=O) groups excluding carboxylic acids is 1. The molecule has 3 heterocycles. The highest BCUT2D eigenvalue weighted by Crippen LogP contribution is 2.34. The van der Waals surface area contributed by atoms with Crippen LogP contribution in [0, 0.1) is 5.92 Å². The minimum atomic E-state index is -0.0550. The van der Waals surface area contributed by atoms with Crippen LogP contribution in [0.1, 0.15) is 23.2 Å². The number of halogens is 1. The summed E-state index contributed by atoms with van der Waals surface area (Å²) in [5.74, 6) is 1.92. The van der Waals surface area contributed by atoms with Crippen molar-refractivity contribution in [1.29, 1.82) is 0 Å². The van der Waals surface area contributed by atoms with Gasteiger partial charge in [-0.1, -0.05) is 11.6 Å². The van der Waals surface area contributed by atoms with E-state index in [9.17, 15) is 4.79 Å². The van der Waals surface area contributed by atoms with Gasteiger partial charge in [0.25, 0.3) is 5.91 Å². The number of nitrogens with zero attached hydrogens (tertiary/aromatic N) is 2. The molecule has 7 heteroatoms. The number of aromatic nitrogens is 1. The van der Waals surface area contributed by atoms with Crippen molar-refractivity contribution in [2.24, 2.45) is 5.92 Å². The number of ether oxygens (including phenoxy) is 2. The first kappa shape index (κ1) is 19.0. The highest BCUT2D eigenvalue weighted by Gasteiger charge is 2.26. The maximum Gasteiger partial charge on any atom is 0.252 e. The molecule has 0 saturated carbocycles. The summed E-state index contributed by atoms with van der Waals surface area (Å²) in [6.07, 6.45) is 5.39. The van der Waals surface area contributed by atoms with Crippen molar-refractivity contribution in [3.05, 3.63) is 53.3 Å². The maximum absolute atomic E-state index is 12.1. The molecule has 1 aromatic heterocycles. The topological polar surface area (TPSA) is 63.7 Å². The van der Waals surface area contributed by atoms with Crippen molar-refractivity contribution in [1.82, 2.24) is 15.2 Å². The largest absolute Gasteiger partial charge is 0.486 e. The second-order valence-electron chi connectivity index (χ2n) is 7.34. The lowest BCUT2D eigenvalue weighted by Gasteiger charge is -2.35. The number of carbonyl (C=O) groups is 1. The molecular formula is C21H24ClN3O3. The summed E-state index contributed by atoms with van der Waals surface area (Å²) in [7, 11) is 0. The third-order valence-corrected chi connectivity index (χ3v) is 5.50. The lowest BCUT2D eigenvalue weighted by molar-refractivity contribution is 0.0476. The number of pyridine rings is 1. The van der Waals surface area contributed by atoms with Crippen LogP contribution < -0.4 is 14.8 Å². The quantitative estimate of drug-likeness (QED) is 0.834. The zero-order valence-corrected chi connectivity index (χ0v) is 16.4. The first-order valence-corrected chi connectivity index (χ1v) is 10.0. The van der Waals surface area contributed by atoms with Gasteiger partial charge in [0.2, 0.25) is 0 Å². The van der Waals surface area contributed by atoms with Crippen molar-refractivity contribution in [3.63, 3.8) is 0 Å². The van der Waals surface area contributed by atoms with E-state index < -0.39 is 0 Å². The summed E-state index contributed by atoms with van der Waals surface area (Å²) < 4.78 is 11.9. The Labute approximate surface area is 169 Å². The molecule has 1 saturated heterocycles. The molecule has 2 aliphatic rings. The molecule has 0 bridgehead atoms. The molecule has 6 nitrogen and oxygen atoms in total. The van der Waals surface area contributed by atoms with Gasteiger partial charge in [0, 0.05) is 36.6 Å². The normalized spacial score (nSPS) is 20.0. The van der Waals surface area contributed by atoms with Crippen LogP contribution in [-0.4, -0.2) is 54.7 Å². The van der Waals surface area contributed by atoms with E-state index in [2.05, 4.69) is 15.2 Å². The van der Waals surface area contributed by atoms with E-state index in [4.69, 9.17) is 21.1 Å². The number of likely N-dealkylation sites (tertiary alicyclic amines) is 1. The molecule has 148 valence electrons. The first-order chi connectivity index (χ1) is 13.7. The molecule has 2 aliphatic heterocycles. The molecule has 1 fully saturated rings. The van der Waals surface area contributed by atoms with Crippen LogP contribution in [0.5, 0.6) is 11.5 Å². The molecule has 1 aromatic carbocycles. The molecule has 2 aromatic rings. The van der Waals surface area contributed by atoms with Crippen molar-refractivity contribution in [2.75, 3.05) is 32.8 Å². The predicted octanol–water partition coefficient (Wildman–Crippen LogP) is 3.02. The molecule has 1 amide bonds. The van der Waals surface area contributed by atoms with Crippen LogP contribution >= 0.6 is 11.6 Å². The van der Waals surface area contributed by atoms with Crippen LogP contribution in [0.4, 0.5) is 0 Å². The Bertz CT molecular complexity index is 810. The number of rotatable bonds is 5. The van der Waals surface area contributed by atoms with Gasteiger partial charge in [-0.3, -0.25) is 14.7 Å². The number of hydrogen-bond acceptors (Lipinski definition) is 5. The number of nitrogens with one attached hydrogen (secondary N) is 1. The Morgan fingerprint density at radius 3 is 2.89 bits per heavy atom. The summed E-state index contributed by atoms with van der Waals surface area (Å²) >= 11 is 6.04. The zero-order valence-electron chi connectivity index (χ0n) is 15.6. The third kappa shape index (κ3) is 4.75. The average molecular weight is 402 g/mol. The van der Waals surface area contributed by atoms with Gasteiger partial charge in [-0.2, -0.15) is 0 Å². The van der Waals surface area contributed by atoms with E-state index in [0.717, 1.165) is 44.0 Å². The van der Waals surface area contributed by atoms with Crippen LogP contribution in [0.2, 0.25) is 5.02 Å². The minimum Gasteiger partial charge on any atom is -0.486 e. The van der Waals surface area contributed by atoms with E-state index in [1.54, 1.807) is 30.6 Å². The van der Waals surface area contributed by atoms with Gasteiger partial charge in [0.05, 0.1) is 5.56 Å². The Hall–Kier alpha value is -2.31. The van der Waals surface area contributed by atoms with Crippen molar-refractivity contribution < 1.29 is 14.3 Å². The van der Waals surface area contributed by atoms with E-state index >= 15 is 0 Å². The standard InChI is InChI=1S/C21H24ClN3O3/c22-17-3-4-19-20(10-17)28-18(14-27-19)13-25-8-5-15(6-9-25)11-24-21(26)16-2-1-7-23-12-16/h1-4,7,10,12,15,18H,5-6,8-9,11,13-14H2,(H,24,26). The average Bonchev–Trinajstić information content (AvgIpc) is 2.73. The van der Waals surface area contributed by atoms with Gasteiger partial charge in [-0.25, -0.2) is 0 Å².